The van der Waals surface area contributed by atoms with E-state index in [2.05, 4.69) is 5.32 Å². The van der Waals surface area contributed by atoms with E-state index in [0.717, 1.165) is 6.42 Å². The third-order valence-corrected chi connectivity index (χ3v) is 2.16. The average molecular weight is 212 g/mol. The molecule has 0 rings (SSSR count). The summed E-state index contributed by atoms with van der Waals surface area (Å²) in [6, 6.07) is 0. The molecule has 0 spiro atoms. The molecule has 0 aliphatic rings. The van der Waals surface area contributed by atoms with Crippen molar-refractivity contribution in [3.63, 3.8) is 0 Å². The molecule has 1 unspecified atom stereocenters. The Bertz CT molecular complexity index is 133. The summed E-state index contributed by atoms with van der Waals surface area (Å²) >= 11 is 0. The van der Waals surface area contributed by atoms with Gasteiger partial charge < -0.3 is 11.1 Å². The normalized spacial score (nSPS) is 14.4. The molecule has 0 fully saturated rings. The maximum atomic E-state index is 11.7. The summed E-state index contributed by atoms with van der Waals surface area (Å²) in [5, 5.41) is 2.98. The summed E-state index contributed by atoms with van der Waals surface area (Å²) in [4.78, 5) is 0. The molecule has 1 atom stereocenters. The van der Waals surface area contributed by atoms with Crippen molar-refractivity contribution < 1.29 is 13.2 Å². The average Bonchev–Trinajstić information content (AvgIpc) is 2.09. The second-order valence-corrected chi connectivity index (χ2v) is 3.43. The minimum atomic E-state index is -4.03. The fourth-order valence-corrected chi connectivity index (χ4v) is 1.11. The number of halogens is 3. The number of hydrogen-bond donors (Lipinski definition) is 2. The minimum absolute atomic E-state index is 0.143. The largest absolute Gasteiger partial charge is 0.389 e. The minimum Gasteiger partial charge on any atom is -0.330 e. The SMILES string of the molecule is CCC(CN)CNCCCC(F)(F)F. The summed E-state index contributed by atoms with van der Waals surface area (Å²) in [5.41, 5.74) is 5.45. The first kappa shape index (κ1) is 13.7. The Kier molecular flexibility index (Phi) is 6.92. The fourth-order valence-electron chi connectivity index (χ4n) is 1.11. The van der Waals surface area contributed by atoms with Crippen molar-refractivity contribution in [2.75, 3.05) is 19.6 Å². The first-order valence-electron chi connectivity index (χ1n) is 4.97. The third kappa shape index (κ3) is 8.31. The van der Waals surface area contributed by atoms with Crippen LogP contribution < -0.4 is 11.1 Å². The van der Waals surface area contributed by atoms with Gasteiger partial charge in [-0.15, -0.1) is 0 Å². The van der Waals surface area contributed by atoms with E-state index in [1.165, 1.54) is 0 Å². The summed E-state index contributed by atoms with van der Waals surface area (Å²) in [6.45, 7) is 3.73. The highest BCUT2D eigenvalue weighted by Crippen LogP contribution is 2.20. The molecule has 3 N–H and O–H groups in total. The van der Waals surface area contributed by atoms with E-state index in [4.69, 9.17) is 5.73 Å². The molecule has 5 heteroatoms. The lowest BCUT2D eigenvalue weighted by atomic mass is 10.1. The molecule has 2 nitrogen and oxygen atoms in total. The molecule has 0 saturated heterocycles. The molecule has 0 heterocycles. The van der Waals surface area contributed by atoms with E-state index in [1.54, 1.807) is 0 Å². The first-order valence-corrected chi connectivity index (χ1v) is 4.97. The second kappa shape index (κ2) is 7.06. The monoisotopic (exact) mass is 212 g/mol. The number of nitrogens with one attached hydrogen (secondary N) is 1. The van der Waals surface area contributed by atoms with Crippen LogP contribution in [0.1, 0.15) is 26.2 Å². The van der Waals surface area contributed by atoms with E-state index in [0.29, 0.717) is 25.6 Å². The number of hydrogen-bond acceptors (Lipinski definition) is 2. The second-order valence-electron chi connectivity index (χ2n) is 3.43. The van der Waals surface area contributed by atoms with Gasteiger partial charge >= 0.3 is 6.18 Å². The Hall–Kier alpha value is -0.290. The Labute approximate surface area is 83.0 Å². The summed E-state index contributed by atoms with van der Waals surface area (Å²) in [7, 11) is 0. The molecule has 0 aliphatic heterocycles. The summed E-state index contributed by atoms with van der Waals surface area (Å²) in [5.74, 6) is 0.376. The number of nitrogens with two attached hydrogens (primary N) is 1. The predicted octanol–water partition coefficient (Wildman–Crippen LogP) is 1.90. The van der Waals surface area contributed by atoms with E-state index < -0.39 is 12.6 Å². The van der Waals surface area contributed by atoms with E-state index in [9.17, 15) is 13.2 Å². The topological polar surface area (TPSA) is 38.0 Å². The highest BCUT2D eigenvalue weighted by atomic mass is 19.4. The molecule has 0 radical (unpaired) electrons. The van der Waals surface area contributed by atoms with Crippen LogP contribution in [-0.4, -0.2) is 25.8 Å². The summed E-state index contributed by atoms with van der Waals surface area (Å²) in [6.07, 6.45) is -3.63. The zero-order valence-corrected chi connectivity index (χ0v) is 8.53. The third-order valence-electron chi connectivity index (χ3n) is 2.16. The molecular weight excluding hydrogens is 193 g/mol. The quantitative estimate of drug-likeness (QED) is 0.632. The lowest BCUT2D eigenvalue weighted by Crippen LogP contribution is -2.28. The molecule has 0 aromatic rings. The molecule has 0 bridgehead atoms. The van der Waals surface area contributed by atoms with E-state index >= 15 is 0 Å². The van der Waals surface area contributed by atoms with E-state index in [1.807, 2.05) is 6.92 Å². The van der Waals surface area contributed by atoms with E-state index in [-0.39, 0.29) is 6.42 Å². The van der Waals surface area contributed by atoms with Gasteiger partial charge in [-0.05, 0) is 32.0 Å². The van der Waals surface area contributed by atoms with Gasteiger partial charge in [-0.3, -0.25) is 0 Å². The Morgan fingerprint density at radius 2 is 2.00 bits per heavy atom. The standard InChI is InChI=1S/C9H19F3N2/c1-2-8(6-13)7-14-5-3-4-9(10,11)12/h8,14H,2-7,13H2,1H3. The van der Waals surface area contributed by atoms with Gasteiger partial charge in [0.25, 0.3) is 0 Å². The Morgan fingerprint density at radius 3 is 2.43 bits per heavy atom. The van der Waals surface area contributed by atoms with Gasteiger partial charge in [0.1, 0.15) is 0 Å². The van der Waals surface area contributed by atoms with Crippen LogP contribution in [0.4, 0.5) is 13.2 Å². The van der Waals surface area contributed by atoms with Crippen molar-refractivity contribution in [3.05, 3.63) is 0 Å². The molecule has 86 valence electrons. The first-order chi connectivity index (χ1) is 6.49. The van der Waals surface area contributed by atoms with Crippen molar-refractivity contribution in [1.29, 1.82) is 0 Å². The van der Waals surface area contributed by atoms with Crippen molar-refractivity contribution in [2.24, 2.45) is 11.7 Å². The van der Waals surface area contributed by atoms with Gasteiger partial charge in [0.2, 0.25) is 0 Å². The molecule has 0 aromatic heterocycles. The van der Waals surface area contributed by atoms with Crippen LogP contribution in [0.15, 0.2) is 0 Å². The maximum absolute atomic E-state index is 11.7. The van der Waals surface area contributed by atoms with Gasteiger partial charge in [-0.1, -0.05) is 13.3 Å². The van der Waals surface area contributed by atoms with Gasteiger partial charge in [-0.2, -0.15) is 13.2 Å². The zero-order valence-electron chi connectivity index (χ0n) is 8.53. The molecule has 0 aliphatic carbocycles. The molecule has 0 amide bonds. The van der Waals surface area contributed by atoms with Crippen LogP contribution in [0, 0.1) is 5.92 Å². The van der Waals surface area contributed by atoms with Crippen LogP contribution in [0.25, 0.3) is 0 Å². The summed E-state index contributed by atoms with van der Waals surface area (Å²) < 4.78 is 35.2. The highest BCUT2D eigenvalue weighted by Gasteiger charge is 2.25. The molecule has 14 heavy (non-hydrogen) atoms. The van der Waals surface area contributed by atoms with Crippen molar-refractivity contribution >= 4 is 0 Å². The lowest BCUT2D eigenvalue weighted by Gasteiger charge is -2.13. The van der Waals surface area contributed by atoms with Crippen LogP contribution in [0.3, 0.4) is 0 Å². The van der Waals surface area contributed by atoms with Crippen LogP contribution in [-0.2, 0) is 0 Å². The zero-order chi connectivity index (χ0) is 11.0. The van der Waals surface area contributed by atoms with Crippen molar-refractivity contribution in [2.45, 2.75) is 32.4 Å². The van der Waals surface area contributed by atoms with Gasteiger partial charge in [0, 0.05) is 6.42 Å². The lowest BCUT2D eigenvalue weighted by molar-refractivity contribution is -0.135. The number of alkyl halides is 3. The van der Waals surface area contributed by atoms with Crippen LogP contribution in [0.5, 0.6) is 0 Å². The van der Waals surface area contributed by atoms with Crippen LogP contribution >= 0.6 is 0 Å². The number of rotatable bonds is 7. The fraction of sp³-hybridized carbons (Fsp3) is 1.00. The molecule has 0 saturated carbocycles. The Balaban J connectivity index is 3.29. The molecule has 0 aromatic carbocycles. The van der Waals surface area contributed by atoms with Gasteiger partial charge in [0.05, 0.1) is 0 Å². The van der Waals surface area contributed by atoms with Crippen molar-refractivity contribution in [1.82, 2.24) is 5.32 Å². The smallest absolute Gasteiger partial charge is 0.330 e. The van der Waals surface area contributed by atoms with Crippen LogP contribution in [0.2, 0.25) is 0 Å². The predicted molar refractivity (Wildman–Crippen MR) is 51.0 cm³/mol. The highest BCUT2D eigenvalue weighted by molar-refractivity contribution is 4.61. The Morgan fingerprint density at radius 1 is 1.36 bits per heavy atom. The van der Waals surface area contributed by atoms with Gasteiger partial charge in [-0.25, -0.2) is 0 Å². The van der Waals surface area contributed by atoms with Gasteiger partial charge in [0.15, 0.2) is 0 Å². The van der Waals surface area contributed by atoms with Crippen molar-refractivity contribution in [3.8, 4) is 0 Å². The maximum Gasteiger partial charge on any atom is 0.389 e. The molecular formula is C9H19F3N2.